The second kappa shape index (κ2) is 4.37. The summed E-state index contributed by atoms with van der Waals surface area (Å²) in [5.41, 5.74) is 0.483. The highest BCUT2D eigenvalue weighted by molar-refractivity contribution is 7.80. The standard InChI is InChI=1S/C10H12O3S/c1-6(11)10-8(13-3)4-7(12-2)5-9(10)14/h4-5,14H,1-3H3. The molecular weight excluding hydrogens is 200 g/mol. The maximum absolute atomic E-state index is 11.3. The van der Waals surface area contributed by atoms with Crippen molar-refractivity contribution in [1.82, 2.24) is 0 Å². The average Bonchev–Trinajstić information content (AvgIpc) is 2.15. The first-order valence-corrected chi connectivity index (χ1v) is 4.50. The summed E-state index contributed by atoms with van der Waals surface area (Å²) in [6.45, 7) is 1.48. The summed E-state index contributed by atoms with van der Waals surface area (Å²) in [7, 11) is 3.06. The van der Waals surface area contributed by atoms with Crippen molar-refractivity contribution < 1.29 is 14.3 Å². The molecular formula is C10H12O3S. The van der Waals surface area contributed by atoms with Gasteiger partial charge in [-0.1, -0.05) is 0 Å². The predicted molar refractivity (Wildman–Crippen MR) is 56.8 cm³/mol. The minimum Gasteiger partial charge on any atom is -0.497 e. The highest BCUT2D eigenvalue weighted by atomic mass is 32.1. The minimum absolute atomic E-state index is 0.0745. The van der Waals surface area contributed by atoms with E-state index in [9.17, 15) is 4.79 Å². The van der Waals surface area contributed by atoms with Crippen molar-refractivity contribution in [3.05, 3.63) is 17.7 Å². The molecule has 0 spiro atoms. The molecule has 0 aliphatic heterocycles. The lowest BCUT2D eigenvalue weighted by Gasteiger charge is -2.10. The molecule has 0 atom stereocenters. The molecule has 0 saturated carbocycles. The summed E-state index contributed by atoms with van der Waals surface area (Å²) >= 11 is 4.20. The van der Waals surface area contributed by atoms with Gasteiger partial charge in [0.2, 0.25) is 0 Å². The molecule has 1 aromatic rings. The predicted octanol–water partition coefficient (Wildman–Crippen LogP) is 2.20. The van der Waals surface area contributed by atoms with E-state index in [1.807, 2.05) is 0 Å². The molecule has 1 rings (SSSR count). The van der Waals surface area contributed by atoms with E-state index in [-0.39, 0.29) is 5.78 Å². The van der Waals surface area contributed by atoms with Gasteiger partial charge in [-0.2, -0.15) is 0 Å². The summed E-state index contributed by atoms with van der Waals surface area (Å²) in [4.78, 5) is 11.8. The molecule has 0 saturated heterocycles. The van der Waals surface area contributed by atoms with E-state index in [1.54, 1.807) is 19.2 Å². The number of thiol groups is 1. The van der Waals surface area contributed by atoms with Crippen molar-refractivity contribution in [3.8, 4) is 11.5 Å². The summed E-state index contributed by atoms with van der Waals surface area (Å²) < 4.78 is 10.1. The minimum atomic E-state index is -0.0745. The fourth-order valence-corrected chi connectivity index (χ4v) is 1.60. The Morgan fingerprint density at radius 1 is 1.29 bits per heavy atom. The van der Waals surface area contributed by atoms with Crippen molar-refractivity contribution >= 4 is 18.4 Å². The zero-order valence-corrected chi connectivity index (χ0v) is 9.22. The largest absolute Gasteiger partial charge is 0.497 e. The highest BCUT2D eigenvalue weighted by Gasteiger charge is 2.13. The van der Waals surface area contributed by atoms with Crippen molar-refractivity contribution in [2.75, 3.05) is 14.2 Å². The summed E-state index contributed by atoms with van der Waals surface area (Å²) in [5, 5.41) is 0. The Morgan fingerprint density at radius 3 is 2.36 bits per heavy atom. The van der Waals surface area contributed by atoms with E-state index in [0.29, 0.717) is 22.0 Å². The molecule has 0 aromatic heterocycles. The van der Waals surface area contributed by atoms with Crippen LogP contribution in [0.3, 0.4) is 0 Å². The van der Waals surface area contributed by atoms with Crippen LogP contribution in [0.1, 0.15) is 17.3 Å². The van der Waals surface area contributed by atoms with Crippen molar-refractivity contribution in [3.63, 3.8) is 0 Å². The van der Waals surface area contributed by atoms with Crippen molar-refractivity contribution in [2.45, 2.75) is 11.8 Å². The number of ether oxygens (including phenoxy) is 2. The number of hydrogen-bond acceptors (Lipinski definition) is 4. The summed E-state index contributed by atoms with van der Waals surface area (Å²) in [6, 6.07) is 3.35. The number of ketones is 1. The molecule has 0 aliphatic rings. The highest BCUT2D eigenvalue weighted by Crippen LogP contribution is 2.31. The third kappa shape index (κ3) is 2.01. The Labute approximate surface area is 88.4 Å². The van der Waals surface area contributed by atoms with E-state index in [2.05, 4.69) is 12.6 Å². The number of methoxy groups -OCH3 is 2. The number of benzene rings is 1. The molecule has 4 heteroatoms. The number of carbonyl (C=O) groups is 1. The lowest BCUT2D eigenvalue weighted by atomic mass is 10.1. The normalized spacial score (nSPS) is 9.71. The molecule has 0 radical (unpaired) electrons. The third-order valence-corrected chi connectivity index (χ3v) is 2.22. The molecule has 1 aromatic carbocycles. The van der Waals surface area contributed by atoms with Gasteiger partial charge in [-0.15, -0.1) is 12.6 Å². The van der Waals surface area contributed by atoms with E-state index < -0.39 is 0 Å². The monoisotopic (exact) mass is 212 g/mol. The van der Waals surface area contributed by atoms with Crippen LogP contribution in [0, 0.1) is 0 Å². The summed E-state index contributed by atoms with van der Waals surface area (Å²) in [5.74, 6) is 1.04. The number of Topliss-reactive ketones (excluding diaryl/α,β-unsaturated/α-hetero) is 1. The third-order valence-electron chi connectivity index (χ3n) is 1.86. The summed E-state index contributed by atoms with van der Waals surface area (Å²) in [6.07, 6.45) is 0. The van der Waals surface area contributed by atoms with Gasteiger partial charge >= 0.3 is 0 Å². The van der Waals surface area contributed by atoms with Gasteiger partial charge in [-0.3, -0.25) is 4.79 Å². The molecule has 0 unspecified atom stereocenters. The van der Waals surface area contributed by atoms with Gasteiger partial charge in [-0.25, -0.2) is 0 Å². The van der Waals surface area contributed by atoms with E-state index >= 15 is 0 Å². The number of carbonyl (C=O) groups excluding carboxylic acids is 1. The molecule has 0 N–H and O–H groups in total. The van der Waals surface area contributed by atoms with Crippen LogP contribution >= 0.6 is 12.6 Å². The molecule has 14 heavy (non-hydrogen) atoms. The zero-order valence-electron chi connectivity index (χ0n) is 8.33. The Balaban J connectivity index is 3.34. The SMILES string of the molecule is COc1cc(S)c(C(C)=O)c(OC)c1. The molecule has 0 fully saturated rings. The molecule has 0 heterocycles. The fourth-order valence-electron chi connectivity index (χ4n) is 1.21. The topological polar surface area (TPSA) is 35.5 Å². The first-order chi connectivity index (χ1) is 6.60. The Kier molecular flexibility index (Phi) is 3.41. The zero-order chi connectivity index (χ0) is 10.7. The Morgan fingerprint density at radius 2 is 1.93 bits per heavy atom. The molecule has 3 nitrogen and oxygen atoms in total. The fraction of sp³-hybridized carbons (Fsp3) is 0.300. The van der Waals surface area contributed by atoms with Crippen LogP contribution in [0.4, 0.5) is 0 Å². The van der Waals surface area contributed by atoms with Gasteiger partial charge in [0, 0.05) is 11.0 Å². The second-order valence-corrected chi connectivity index (χ2v) is 3.26. The Bertz CT molecular complexity index is 361. The molecule has 0 amide bonds. The van der Waals surface area contributed by atoms with Crippen LogP contribution in [0.25, 0.3) is 0 Å². The molecule has 76 valence electrons. The first kappa shape index (κ1) is 10.9. The van der Waals surface area contributed by atoms with Crippen molar-refractivity contribution in [2.24, 2.45) is 0 Å². The lowest BCUT2D eigenvalue weighted by Crippen LogP contribution is -2.00. The van der Waals surface area contributed by atoms with Crippen LogP contribution in [0.2, 0.25) is 0 Å². The van der Waals surface area contributed by atoms with Crippen LogP contribution in [0.5, 0.6) is 11.5 Å². The van der Waals surface area contributed by atoms with Gasteiger partial charge < -0.3 is 9.47 Å². The van der Waals surface area contributed by atoms with Gasteiger partial charge in [0.25, 0.3) is 0 Å². The average molecular weight is 212 g/mol. The van der Waals surface area contributed by atoms with Crippen LogP contribution in [0.15, 0.2) is 17.0 Å². The van der Waals surface area contributed by atoms with Crippen molar-refractivity contribution in [1.29, 1.82) is 0 Å². The van der Waals surface area contributed by atoms with E-state index in [0.717, 1.165) is 0 Å². The quantitative estimate of drug-likeness (QED) is 0.616. The number of hydrogen-bond donors (Lipinski definition) is 1. The second-order valence-electron chi connectivity index (χ2n) is 2.78. The maximum Gasteiger partial charge on any atom is 0.164 e. The Hall–Kier alpha value is -1.16. The van der Waals surface area contributed by atoms with Crippen LogP contribution in [-0.4, -0.2) is 20.0 Å². The smallest absolute Gasteiger partial charge is 0.164 e. The van der Waals surface area contributed by atoms with Gasteiger partial charge in [0.05, 0.1) is 19.8 Å². The lowest BCUT2D eigenvalue weighted by molar-refractivity contribution is 0.101. The van der Waals surface area contributed by atoms with E-state index in [4.69, 9.17) is 9.47 Å². The molecule has 0 aliphatic carbocycles. The van der Waals surface area contributed by atoms with Gasteiger partial charge in [0.15, 0.2) is 5.78 Å². The van der Waals surface area contributed by atoms with E-state index in [1.165, 1.54) is 14.0 Å². The first-order valence-electron chi connectivity index (χ1n) is 4.06. The maximum atomic E-state index is 11.3. The van der Waals surface area contributed by atoms with Crippen LogP contribution in [-0.2, 0) is 0 Å². The van der Waals surface area contributed by atoms with Crippen LogP contribution < -0.4 is 9.47 Å². The molecule has 0 bridgehead atoms. The van der Waals surface area contributed by atoms with Gasteiger partial charge in [0.1, 0.15) is 11.5 Å². The number of rotatable bonds is 3. The van der Waals surface area contributed by atoms with Gasteiger partial charge in [-0.05, 0) is 13.0 Å².